The highest BCUT2D eigenvalue weighted by molar-refractivity contribution is 7.99. The molecule has 3 fully saturated rings. The maximum absolute atomic E-state index is 12.5. The second-order valence-electron chi connectivity index (χ2n) is 14.3. The van der Waals surface area contributed by atoms with Gasteiger partial charge < -0.3 is 20.4 Å². The van der Waals surface area contributed by atoms with Crippen molar-refractivity contribution in [3.63, 3.8) is 0 Å². The number of hydrogen-bond acceptors (Lipinski definition) is 5. The van der Waals surface area contributed by atoms with Crippen LogP contribution in [0.15, 0.2) is 17.7 Å². The lowest BCUT2D eigenvalue weighted by atomic mass is 9.33. The minimum atomic E-state index is -0.828. The van der Waals surface area contributed by atoms with Crippen LogP contribution in [0, 0.1) is 34.5 Å². The number of hydrogen-bond donors (Lipinski definition) is 4. The number of allylic oxidation sites excluding steroid dienone is 1. The molecule has 7 heteroatoms. The second-order valence-corrected chi connectivity index (χ2v) is 15.5. The van der Waals surface area contributed by atoms with E-state index < -0.39 is 17.4 Å². The minimum Gasteiger partial charge on any atom is -0.504 e. The molecule has 0 aromatic heterocycles. The van der Waals surface area contributed by atoms with E-state index in [1.54, 1.807) is 17.8 Å². The zero-order chi connectivity index (χ0) is 29.5. The average Bonchev–Trinajstić information content (AvgIpc) is 2.89. The van der Waals surface area contributed by atoms with Crippen molar-refractivity contribution in [1.82, 2.24) is 0 Å². The Bertz CT molecular complexity index is 1290. The molecular formula is C33H46O6S. The lowest BCUT2D eigenvalue weighted by Crippen LogP contribution is -2.63. The first-order chi connectivity index (χ1) is 18.6. The van der Waals surface area contributed by atoms with Crippen LogP contribution < -0.4 is 0 Å². The normalized spacial score (nSPS) is 40.2. The molecule has 1 aromatic carbocycles. The van der Waals surface area contributed by atoms with Gasteiger partial charge in [0.2, 0.25) is 0 Å². The van der Waals surface area contributed by atoms with Gasteiger partial charge in [-0.05, 0) is 110 Å². The smallest absolute Gasteiger partial charge is 0.309 e. The van der Waals surface area contributed by atoms with Gasteiger partial charge in [0.1, 0.15) is 0 Å². The molecule has 40 heavy (non-hydrogen) atoms. The molecule has 0 aliphatic heterocycles. The van der Waals surface area contributed by atoms with Gasteiger partial charge in [-0.1, -0.05) is 39.3 Å². The van der Waals surface area contributed by atoms with Crippen LogP contribution in [0.25, 0.3) is 0 Å². The van der Waals surface area contributed by atoms with Crippen molar-refractivity contribution in [2.75, 3.05) is 5.75 Å². The molecule has 4 aliphatic carbocycles. The third-order valence-electron chi connectivity index (χ3n) is 12.5. The molecule has 1 unspecified atom stereocenters. The largest absolute Gasteiger partial charge is 0.504 e. The van der Waals surface area contributed by atoms with Crippen LogP contribution in [0.4, 0.5) is 0 Å². The highest BCUT2D eigenvalue weighted by Gasteiger charge is 2.68. The fourth-order valence-corrected chi connectivity index (χ4v) is 11.1. The Morgan fingerprint density at radius 1 is 1.00 bits per heavy atom. The van der Waals surface area contributed by atoms with Gasteiger partial charge in [0.25, 0.3) is 0 Å². The van der Waals surface area contributed by atoms with Gasteiger partial charge in [0.05, 0.1) is 11.8 Å². The van der Waals surface area contributed by atoms with Crippen molar-refractivity contribution in [2.45, 2.75) is 110 Å². The molecule has 0 radical (unpaired) electrons. The Labute approximate surface area is 242 Å². The molecule has 0 saturated heterocycles. The van der Waals surface area contributed by atoms with Crippen LogP contribution in [0.3, 0.4) is 0 Å². The van der Waals surface area contributed by atoms with E-state index in [-0.39, 0.29) is 44.8 Å². The molecule has 6 nitrogen and oxygen atoms in total. The number of carbonyl (C=O) groups is 2. The monoisotopic (exact) mass is 570 g/mol. The standard InChI is InChI=1S/C33H46O6S/c1-7-33-14-12-31(5)20-16-21(34)27(37)19(2)26(20)22(40-15-8-25(35)36)17-23(31)32(33,6)13-11-29(3)9-10-30(4,28(38)39)18-24(29)33/h16-17,22,24,34,37H,7-15,18H2,1-6H3,(H,35,36)(H,38,39)/t22?,24-,29-,30-,31+,32-,33+/m1/s1. The van der Waals surface area contributed by atoms with Gasteiger partial charge in [0.15, 0.2) is 11.5 Å². The lowest BCUT2D eigenvalue weighted by Gasteiger charge is -2.71. The van der Waals surface area contributed by atoms with Crippen molar-refractivity contribution < 1.29 is 30.0 Å². The van der Waals surface area contributed by atoms with Crippen LogP contribution in [-0.4, -0.2) is 38.1 Å². The van der Waals surface area contributed by atoms with Gasteiger partial charge in [-0.15, -0.1) is 11.8 Å². The Hall–Kier alpha value is -2.15. The van der Waals surface area contributed by atoms with E-state index in [4.69, 9.17) is 0 Å². The summed E-state index contributed by atoms with van der Waals surface area (Å²) < 4.78 is 0. The summed E-state index contributed by atoms with van der Waals surface area (Å²) in [6.07, 6.45) is 9.76. The highest BCUT2D eigenvalue weighted by Crippen LogP contribution is 2.76. The van der Waals surface area contributed by atoms with Crippen molar-refractivity contribution in [3.8, 4) is 11.5 Å². The van der Waals surface area contributed by atoms with Gasteiger partial charge in [0, 0.05) is 16.4 Å². The Morgan fingerprint density at radius 2 is 1.68 bits per heavy atom. The molecule has 0 amide bonds. The molecule has 5 rings (SSSR count). The van der Waals surface area contributed by atoms with E-state index >= 15 is 0 Å². The summed E-state index contributed by atoms with van der Waals surface area (Å²) in [6.45, 7) is 13.2. The van der Waals surface area contributed by atoms with E-state index in [9.17, 15) is 30.0 Å². The molecule has 4 N–H and O–H groups in total. The number of fused-ring (bicyclic) bond motifs is 7. The van der Waals surface area contributed by atoms with Crippen molar-refractivity contribution in [1.29, 1.82) is 0 Å². The number of aromatic hydroxyl groups is 2. The second kappa shape index (κ2) is 9.43. The third kappa shape index (κ3) is 3.89. The van der Waals surface area contributed by atoms with Crippen molar-refractivity contribution in [3.05, 3.63) is 34.4 Å². The molecule has 4 aliphatic rings. The summed E-state index contributed by atoms with van der Waals surface area (Å²) in [6, 6.07) is 1.76. The topological polar surface area (TPSA) is 115 Å². The SMILES string of the molecule is CC[C@@]12CC[C@]3(C)C(=CC(SCCC(=O)O)c4c3cc(O)c(O)c4C)[C@@]1(C)CC[C@@]1(C)CC[C@@](C)(C(=O)O)C[C@H]12. The van der Waals surface area contributed by atoms with Gasteiger partial charge >= 0.3 is 11.9 Å². The number of benzene rings is 1. The van der Waals surface area contributed by atoms with E-state index in [0.717, 1.165) is 56.1 Å². The molecule has 0 bridgehead atoms. The number of rotatable bonds is 6. The summed E-state index contributed by atoms with van der Waals surface area (Å²) in [4.78, 5) is 23.9. The van der Waals surface area contributed by atoms with Gasteiger partial charge in [-0.2, -0.15) is 0 Å². The first kappa shape index (κ1) is 29.3. The van der Waals surface area contributed by atoms with E-state index in [2.05, 4.69) is 33.8 Å². The van der Waals surface area contributed by atoms with Gasteiger partial charge in [-0.25, -0.2) is 0 Å². The highest BCUT2D eigenvalue weighted by atomic mass is 32.2. The third-order valence-corrected chi connectivity index (χ3v) is 13.7. The summed E-state index contributed by atoms with van der Waals surface area (Å²) in [5.74, 6) is -0.971. The van der Waals surface area contributed by atoms with Crippen LogP contribution in [0.5, 0.6) is 11.5 Å². The number of aliphatic carboxylic acids is 2. The zero-order valence-electron chi connectivity index (χ0n) is 24.9. The number of carboxylic acid groups (broad SMARTS) is 2. The summed E-state index contributed by atoms with van der Waals surface area (Å²) in [5.41, 5.74) is 2.92. The number of thioether (sulfide) groups is 1. The maximum Gasteiger partial charge on any atom is 0.309 e. The predicted octanol–water partition coefficient (Wildman–Crippen LogP) is 7.74. The van der Waals surface area contributed by atoms with Gasteiger partial charge in [-0.3, -0.25) is 9.59 Å². The summed E-state index contributed by atoms with van der Waals surface area (Å²) in [7, 11) is 0. The summed E-state index contributed by atoms with van der Waals surface area (Å²) in [5, 5.41) is 41.0. The fourth-order valence-electron chi connectivity index (χ4n) is 9.86. The Morgan fingerprint density at radius 3 is 2.30 bits per heavy atom. The molecule has 1 aromatic rings. The van der Waals surface area contributed by atoms with Crippen LogP contribution in [0.1, 0.15) is 114 Å². The van der Waals surface area contributed by atoms with E-state index in [1.807, 2.05) is 13.8 Å². The van der Waals surface area contributed by atoms with E-state index in [0.29, 0.717) is 23.7 Å². The Balaban J connectivity index is 1.68. The molecular weight excluding hydrogens is 524 g/mol. The first-order valence-corrected chi connectivity index (χ1v) is 16.0. The first-order valence-electron chi connectivity index (χ1n) is 14.9. The number of carboxylic acids is 2. The minimum absolute atomic E-state index is 0.0513. The lowest BCUT2D eigenvalue weighted by molar-refractivity contribution is -0.183. The van der Waals surface area contributed by atoms with Crippen molar-refractivity contribution >= 4 is 23.7 Å². The number of phenolic OH excluding ortho intramolecular Hbond substituents is 2. The molecule has 7 atom stereocenters. The van der Waals surface area contributed by atoms with E-state index in [1.165, 1.54) is 5.57 Å². The maximum atomic E-state index is 12.5. The fraction of sp³-hybridized carbons (Fsp3) is 0.697. The molecule has 0 heterocycles. The zero-order valence-corrected chi connectivity index (χ0v) is 25.7. The van der Waals surface area contributed by atoms with Crippen LogP contribution in [0.2, 0.25) is 0 Å². The average molecular weight is 571 g/mol. The predicted molar refractivity (Wildman–Crippen MR) is 158 cm³/mol. The van der Waals surface area contributed by atoms with Crippen molar-refractivity contribution in [2.24, 2.45) is 27.6 Å². The summed E-state index contributed by atoms with van der Waals surface area (Å²) >= 11 is 1.59. The molecule has 0 spiro atoms. The quantitative estimate of drug-likeness (QED) is 0.204. The molecule has 220 valence electrons. The molecule has 3 saturated carbocycles. The number of phenols is 2. The van der Waals surface area contributed by atoms with Crippen LogP contribution in [-0.2, 0) is 15.0 Å². The Kier molecular flexibility index (Phi) is 6.92. The van der Waals surface area contributed by atoms with Crippen LogP contribution >= 0.6 is 11.8 Å².